The van der Waals surface area contributed by atoms with Gasteiger partial charge in [-0.05, 0) is 65.4 Å². The van der Waals surface area contributed by atoms with Crippen LogP contribution in [0.2, 0.25) is 5.02 Å². The molecule has 13 heteroatoms. The first kappa shape index (κ1) is 34.6. The number of carbonyl (C=O) groups is 2. The number of fused-ring (bicyclic) bond motifs is 1. The highest BCUT2D eigenvalue weighted by Gasteiger charge is 2.31. The molecule has 0 aliphatic carbocycles. The maximum atomic E-state index is 15.1. The standard InChI is InChI=1S/C34H35ClF4N2O6/c35-23-7-4-20(5-8-23)32(22-6-11-29-30(15-22)47-19-46-29)33(40)28(42)14-21-2-1-3-27(36)26(21)10-9-25-16-41-24(17-44-25)18-45-31(43)12-13-34(37,38)39/h1-8,11,15,24-25,32-33,41H,9-10,12-14,16-19,40H2/t24-,25+,32+,33+/m0/s1. The summed E-state index contributed by atoms with van der Waals surface area (Å²) in [6, 6.07) is 15.8. The molecule has 3 aromatic rings. The molecule has 2 aliphatic heterocycles. The molecule has 2 heterocycles. The molecule has 0 unspecified atom stereocenters. The van der Waals surface area contributed by atoms with Crippen molar-refractivity contribution in [1.82, 2.24) is 5.32 Å². The first-order valence-electron chi connectivity index (χ1n) is 15.2. The smallest absolute Gasteiger partial charge is 0.389 e. The van der Waals surface area contributed by atoms with Gasteiger partial charge >= 0.3 is 12.1 Å². The van der Waals surface area contributed by atoms with Crippen molar-refractivity contribution in [1.29, 1.82) is 0 Å². The third kappa shape index (κ3) is 9.44. The first-order chi connectivity index (χ1) is 22.5. The summed E-state index contributed by atoms with van der Waals surface area (Å²) in [5.41, 5.74) is 9.13. The normalized spacial score (nSPS) is 18.9. The van der Waals surface area contributed by atoms with E-state index in [1.807, 2.05) is 24.3 Å². The van der Waals surface area contributed by atoms with E-state index in [2.05, 4.69) is 5.32 Å². The first-order valence-corrected chi connectivity index (χ1v) is 15.6. The number of benzene rings is 3. The lowest BCUT2D eigenvalue weighted by molar-refractivity contribution is -0.158. The van der Waals surface area contributed by atoms with Gasteiger partial charge in [-0.25, -0.2) is 4.39 Å². The summed E-state index contributed by atoms with van der Waals surface area (Å²) in [4.78, 5) is 25.4. The highest BCUT2D eigenvalue weighted by atomic mass is 35.5. The van der Waals surface area contributed by atoms with E-state index in [0.29, 0.717) is 40.6 Å². The number of halogens is 5. The predicted octanol–water partition coefficient (Wildman–Crippen LogP) is 5.65. The van der Waals surface area contributed by atoms with Crippen LogP contribution in [0.3, 0.4) is 0 Å². The van der Waals surface area contributed by atoms with Gasteiger partial charge in [0.15, 0.2) is 17.3 Å². The van der Waals surface area contributed by atoms with E-state index in [4.69, 9.17) is 36.3 Å². The molecule has 0 bridgehead atoms. The summed E-state index contributed by atoms with van der Waals surface area (Å²) in [5, 5.41) is 3.70. The number of carbonyl (C=O) groups excluding carboxylic acids is 2. The van der Waals surface area contributed by atoms with Gasteiger partial charge in [0.1, 0.15) is 12.4 Å². The summed E-state index contributed by atoms with van der Waals surface area (Å²) in [7, 11) is 0. The number of esters is 1. The predicted molar refractivity (Wildman–Crippen MR) is 165 cm³/mol. The minimum atomic E-state index is -4.43. The third-order valence-corrected chi connectivity index (χ3v) is 8.49. The Balaban J connectivity index is 1.20. The quantitative estimate of drug-likeness (QED) is 0.176. The maximum absolute atomic E-state index is 15.1. The number of ketones is 1. The monoisotopic (exact) mass is 678 g/mol. The van der Waals surface area contributed by atoms with Gasteiger partial charge in [-0.15, -0.1) is 0 Å². The average Bonchev–Trinajstić information content (AvgIpc) is 3.52. The largest absolute Gasteiger partial charge is 0.464 e. The van der Waals surface area contributed by atoms with Crippen LogP contribution in [-0.2, 0) is 31.9 Å². The molecular weight excluding hydrogens is 644 g/mol. The van der Waals surface area contributed by atoms with Gasteiger partial charge in [0.05, 0.1) is 37.6 Å². The molecule has 252 valence electrons. The zero-order chi connectivity index (χ0) is 33.6. The maximum Gasteiger partial charge on any atom is 0.389 e. The van der Waals surface area contributed by atoms with Crippen LogP contribution < -0.4 is 20.5 Å². The number of hydrogen-bond donors (Lipinski definition) is 2. The van der Waals surface area contributed by atoms with Crippen molar-refractivity contribution in [2.24, 2.45) is 5.73 Å². The van der Waals surface area contributed by atoms with Gasteiger partial charge in [-0.3, -0.25) is 9.59 Å². The van der Waals surface area contributed by atoms with Crippen LogP contribution in [-0.4, -0.2) is 62.7 Å². The molecule has 47 heavy (non-hydrogen) atoms. The molecule has 1 fully saturated rings. The van der Waals surface area contributed by atoms with Crippen LogP contribution in [0, 0.1) is 5.82 Å². The Labute approximate surface area is 274 Å². The summed E-state index contributed by atoms with van der Waals surface area (Å²) < 4.78 is 73.8. The van der Waals surface area contributed by atoms with E-state index in [1.54, 1.807) is 30.3 Å². The lowest BCUT2D eigenvalue weighted by Crippen LogP contribution is -2.49. The van der Waals surface area contributed by atoms with Crippen LogP contribution >= 0.6 is 11.6 Å². The van der Waals surface area contributed by atoms with Crippen LogP contribution in [0.4, 0.5) is 17.6 Å². The fourth-order valence-corrected chi connectivity index (χ4v) is 5.83. The second kappa shape index (κ2) is 15.5. The van der Waals surface area contributed by atoms with Gasteiger partial charge in [0, 0.05) is 23.9 Å². The summed E-state index contributed by atoms with van der Waals surface area (Å²) in [6.07, 6.45) is -6.06. The molecule has 0 saturated carbocycles. The number of Topliss-reactive ketones (excluding diaryl/α,β-unsaturated/α-hetero) is 1. The molecule has 5 rings (SSSR count). The number of nitrogens with one attached hydrogen (secondary N) is 1. The van der Waals surface area contributed by atoms with Gasteiger partial charge < -0.3 is 30.0 Å². The topological polar surface area (TPSA) is 109 Å². The molecule has 0 spiro atoms. The molecule has 2 aliphatic rings. The van der Waals surface area contributed by atoms with Crippen molar-refractivity contribution >= 4 is 23.4 Å². The number of ether oxygens (including phenoxy) is 4. The molecular formula is C34H35ClF4N2O6. The van der Waals surface area contributed by atoms with Crippen LogP contribution in [0.15, 0.2) is 60.7 Å². The van der Waals surface area contributed by atoms with E-state index in [0.717, 1.165) is 11.1 Å². The minimum absolute atomic E-state index is 0.0888. The van der Waals surface area contributed by atoms with E-state index < -0.39 is 42.8 Å². The van der Waals surface area contributed by atoms with E-state index in [1.165, 1.54) is 6.07 Å². The van der Waals surface area contributed by atoms with Gasteiger partial charge in [0.2, 0.25) is 6.79 Å². The van der Waals surface area contributed by atoms with Crippen molar-refractivity contribution in [3.8, 4) is 11.5 Å². The second-order valence-electron chi connectivity index (χ2n) is 11.6. The van der Waals surface area contributed by atoms with Gasteiger partial charge in [0.25, 0.3) is 0 Å². The average molecular weight is 679 g/mol. The number of rotatable bonds is 13. The van der Waals surface area contributed by atoms with Crippen molar-refractivity contribution in [2.45, 2.75) is 62.4 Å². The lowest BCUT2D eigenvalue weighted by atomic mass is 9.82. The van der Waals surface area contributed by atoms with Gasteiger partial charge in [-0.1, -0.05) is 41.9 Å². The van der Waals surface area contributed by atoms with Crippen LogP contribution in [0.25, 0.3) is 0 Å². The van der Waals surface area contributed by atoms with E-state index >= 15 is 4.39 Å². The zero-order valence-corrected chi connectivity index (χ0v) is 26.1. The molecule has 1 saturated heterocycles. The number of alkyl halides is 3. The molecule has 8 nitrogen and oxygen atoms in total. The Morgan fingerprint density at radius 3 is 2.51 bits per heavy atom. The highest BCUT2D eigenvalue weighted by molar-refractivity contribution is 6.30. The molecule has 0 radical (unpaired) electrons. The van der Waals surface area contributed by atoms with Gasteiger partial charge in [-0.2, -0.15) is 13.2 Å². The third-order valence-electron chi connectivity index (χ3n) is 8.24. The summed E-state index contributed by atoms with van der Waals surface area (Å²) in [5.74, 6) is -1.03. The van der Waals surface area contributed by atoms with E-state index in [9.17, 15) is 22.8 Å². The zero-order valence-electron chi connectivity index (χ0n) is 25.4. The second-order valence-corrected chi connectivity index (χ2v) is 12.0. The molecule has 0 amide bonds. The van der Waals surface area contributed by atoms with Crippen LogP contribution in [0.1, 0.15) is 47.4 Å². The fraction of sp³-hybridized carbons (Fsp3) is 0.412. The number of hydrogen-bond acceptors (Lipinski definition) is 8. The Hall–Kier alpha value is -3.71. The van der Waals surface area contributed by atoms with Crippen LogP contribution in [0.5, 0.6) is 11.5 Å². The van der Waals surface area contributed by atoms with E-state index in [-0.39, 0.29) is 50.8 Å². The highest BCUT2D eigenvalue weighted by Crippen LogP contribution is 2.38. The summed E-state index contributed by atoms with van der Waals surface area (Å²) >= 11 is 6.13. The lowest BCUT2D eigenvalue weighted by Gasteiger charge is -2.30. The minimum Gasteiger partial charge on any atom is -0.464 e. The van der Waals surface area contributed by atoms with Crippen molar-refractivity contribution < 1.29 is 46.1 Å². The Kier molecular flexibility index (Phi) is 11.4. The Morgan fingerprint density at radius 1 is 1.04 bits per heavy atom. The molecule has 3 N–H and O–H groups in total. The SMILES string of the molecule is N[C@H](C(=O)Cc1cccc(F)c1CC[C@@H]1CN[C@H](COC(=O)CCC(F)(F)F)CO1)[C@H](c1ccc(Cl)cc1)c1ccc2c(c1)OCO2. The van der Waals surface area contributed by atoms with Crippen molar-refractivity contribution in [2.75, 3.05) is 26.6 Å². The number of morpholine rings is 1. The van der Waals surface area contributed by atoms with Crippen molar-refractivity contribution in [3.05, 3.63) is 93.8 Å². The molecule has 3 aromatic carbocycles. The summed E-state index contributed by atoms with van der Waals surface area (Å²) in [6.45, 7) is 0.522. The molecule has 4 atom stereocenters. The Bertz CT molecular complexity index is 1550. The van der Waals surface area contributed by atoms with Crippen molar-refractivity contribution in [3.63, 3.8) is 0 Å². The molecule has 0 aromatic heterocycles. The Morgan fingerprint density at radius 2 is 1.79 bits per heavy atom. The number of nitrogens with two attached hydrogens (primary N) is 1. The fourth-order valence-electron chi connectivity index (χ4n) is 5.70.